The average molecular weight is 259 g/mol. The van der Waals surface area contributed by atoms with Crippen molar-refractivity contribution in [3.8, 4) is 0 Å². The number of aliphatic hydroxyl groups excluding tert-OH is 3. The Bertz CT molecular complexity index is 506. The largest absolute Gasteiger partial charge is 0.395 e. The summed E-state index contributed by atoms with van der Waals surface area (Å²) in [5.41, 5.74) is 4.47. The van der Waals surface area contributed by atoms with Gasteiger partial charge in [0.15, 0.2) is 5.82 Å². The number of pyridine rings is 1. The van der Waals surface area contributed by atoms with E-state index in [0.717, 1.165) is 6.07 Å². The molecule has 0 radical (unpaired) electrons. The first-order valence-corrected chi connectivity index (χ1v) is 5.37. The Morgan fingerprint density at radius 2 is 2.06 bits per heavy atom. The number of nitrogens with one attached hydrogen (secondary N) is 2. The molecule has 1 fully saturated rings. The lowest BCUT2D eigenvalue weighted by Crippen LogP contribution is -2.36. The molecule has 2 rings (SSSR count). The number of nitrogens with two attached hydrogens (primary N) is 1. The number of rotatable bonds is 2. The summed E-state index contributed by atoms with van der Waals surface area (Å²) in [6.45, 7) is -0.413. The highest BCUT2D eigenvalue weighted by molar-refractivity contribution is 5.34. The third-order valence-corrected chi connectivity index (χ3v) is 3.08. The molecule has 4 unspecified atom stereocenters. The molecule has 100 valence electrons. The number of aromatic nitrogens is 1. The van der Waals surface area contributed by atoms with Crippen LogP contribution >= 0.6 is 0 Å². The van der Waals surface area contributed by atoms with Crippen LogP contribution in [0, 0.1) is 5.82 Å². The topological polar surface area (TPSA) is 132 Å². The van der Waals surface area contributed by atoms with Gasteiger partial charge < -0.3 is 31.4 Å². The Kier molecular flexibility index (Phi) is 3.35. The zero-order valence-electron chi connectivity index (χ0n) is 9.30. The molecule has 0 aliphatic carbocycles. The average Bonchev–Trinajstić information content (AvgIpc) is 2.61. The number of H-pyrrole nitrogens is 1. The third-order valence-electron chi connectivity index (χ3n) is 3.08. The molecule has 18 heavy (non-hydrogen) atoms. The van der Waals surface area contributed by atoms with E-state index in [1.165, 1.54) is 0 Å². The van der Waals surface area contributed by atoms with E-state index in [9.17, 15) is 19.4 Å². The van der Waals surface area contributed by atoms with Crippen LogP contribution < -0.4 is 16.6 Å². The molecular weight excluding hydrogens is 245 g/mol. The minimum Gasteiger partial charge on any atom is -0.395 e. The summed E-state index contributed by atoms with van der Waals surface area (Å²) >= 11 is 0. The second-order valence-electron chi connectivity index (χ2n) is 4.23. The third kappa shape index (κ3) is 1.99. The summed E-state index contributed by atoms with van der Waals surface area (Å²) in [6.07, 6.45) is -2.55. The Morgan fingerprint density at radius 1 is 1.39 bits per heavy atom. The van der Waals surface area contributed by atoms with Crippen molar-refractivity contribution in [3.05, 3.63) is 27.8 Å². The number of halogens is 1. The summed E-state index contributed by atoms with van der Waals surface area (Å²) in [7, 11) is 0. The molecule has 0 bridgehead atoms. The fourth-order valence-electron chi connectivity index (χ4n) is 2.06. The fraction of sp³-hybridized carbons (Fsp3) is 0.500. The van der Waals surface area contributed by atoms with Gasteiger partial charge in [-0.25, -0.2) is 4.39 Å². The van der Waals surface area contributed by atoms with Crippen LogP contribution in [0.5, 0.6) is 0 Å². The van der Waals surface area contributed by atoms with Gasteiger partial charge in [-0.1, -0.05) is 0 Å². The lowest BCUT2D eigenvalue weighted by molar-refractivity contribution is 0.0193. The van der Waals surface area contributed by atoms with E-state index < -0.39 is 48.1 Å². The van der Waals surface area contributed by atoms with Crippen molar-refractivity contribution in [3.63, 3.8) is 0 Å². The van der Waals surface area contributed by atoms with Crippen LogP contribution in [-0.2, 0) is 0 Å². The van der Waals surface area contributed by atoms with E-state index in [4.69, 9.17) is 10.8 Å². The van der Waals surface area contributed by atoms with Crippen LogP contribution in [-0.4, -0.2) is 45.2 Å². The van der Waals surface area contributed by atoms with Gasteiger partial charge in [0.2, 0.25) is 0 Å². The zero-order chi connectivity index (χ0) is 13.4. The Balaban J connectivity index is 2.39. The zero-order valence-corrected chi connectivity index (χ0v) is 9.30. The minimum atomic E-state index is -1.31. The van der Waals surface area contributed by atoms with Crippen molar-refractivity contribution in [2.75, 3.05) is 12.3 Å². The molecule has 8 heteroatoms. The predicted octanol–water partition coefficient (Wildman–Crippen LogP) is -2.18. The number of nitrogen functional groups attached to an aromatic ring is 1. The van der Waals surface area contributed by atoms with E-state index >= 15 is 0 Å². The molecule has 1 saturated heterocycles. The van der Waals surface area contributed by atoms with Gasteiger partial charge in [-0.15, -0.1) is 0 Å². The van der Waals surface area contributed by atoms with Gasteiger partial charge >= 0.3 is 0 Å². The van der Waals surface area contributed by atoms with Gasteiger partial charge in [-0.3, -0.25) is 4.79 Å². The maximum absolute atomic E-state index is 13.3. The van der Waals surface area contributed by atoms with E-state index in [1.54, 1.807) is 0 Å². The molecule has 0 amide bonds. The second-order valence-corrected chi connectivity index (χ2v) is 4.23. The van der Waals surface area contributed by atoms with E-state index in [-0.39, 0.29) is 5.56 Å². The smallest absolute Gasteiger partial charge is 0.254 e. The van der Waals surface area contributed by atoms with Gasteiger partial charge in [-0.2, -0.15) is 0 Å². The molecule has 1 aliphatic heterocycles. The van der Waals surface area contributed by atoms with E-state index in [1.807, 2.05) is 0 Å². The number of aliphatic hydroxyl groups is 3. The van der Waals surface area contributed by atoms with E-state index in [2.05, 4.69) is 10.3 Å². The van der Waals surface area contributed by atoms with Crippen LogP contribution in [0.4, 0.5) is 10.2 Å². The van der Waals surface area contributed by atoms with Gasteiger partial charge in [0, 0.05) is 5.56 Å². The van der Waals surface area contributed by atoms with Crippen molar-refractivity contribution >= 4 is 5.82 Å². The second kappa shape index (κ2) is 4.65. The Labute approximate surface area is 101 Å². The van der Waals surface area contributed by atoms with Crippen molar-refractivity contribution in [2.24, 2.45) is 0 Å². The number of hydrogen-bond acceptors (Lipinski definition) is 6. The SMILES string of the molecule is Nc1[nH]c(=O)c(C2NC(CO)C(O)C2O)cc1F. The maximum atomic E-state index is 13.3. The normalized spacial score (nSPS) is 31.8. The summed E-state index contributed by atoms with van der Waals surface area (Å²) in [4.78, 5) is 13.7. The van der Waals surface area contributed by atoms with Gasteiger partial charge in [0.25, 0.3) is 5.56 Å². The number of anilines is 1. The highest BCUT2D eigenvalue weighted by Gasteiger charge is 2.42. The highest BCUT2D eigenvalue weighted by Crippen LogP contribution is 2.26. The van der Waals surface area contributed by atoms with Crippen molar-refractivity contribution in [1.29, 1.82) is 0 Å². The minimum absolute atomic E-state index is 0.0794. The lowest BCUT2D eigenvalue weighted by atomic mass is 10.0. The molecule has 1 aromatic heterocycles. The molecule has 7 nitrogen and oxygen atoms in total. The van der Waals surface area contributed by atoms with Crippen LogP contribution in [0.15, 0.2) is 10.9 Å². The molecule has 0 saturated carbocycles. The summed E-state index contributed by atoms with van der Waals surface area (Å²) < 4.78 is 13.3. The Hall–Kier alpha value is -1.48. The summed E-state index contributed by atoms with van der Waals surface area (Å²) in [5, 5.41) is 31.0. The van der Waals surface area contributed by atoms with Crippen molar-refractivity contribution < 1.29 is 19.7 Å². The first kappa shape index (κ1) is 13.0. The molecule has 4 atom stereocenters. The standard InChI is InChI=1S/C10H14FN3O4/c11-4-1-3(10(18)14-9(4)12)6-8(17)7(16)5(2-15)13-6/h1,5-8,13,15-17H,2H2,(H3,12,14,18). The first-order chi connectivity index (χ1) is 8.45. The molecular formula is C10H14FN3O4. The molecule has 1 aromatic rings. The van der Waals surface area contributed by atoms with Crippen LogP contribution in [0.2, 0.25) is 0 Å². The van der Waals surface area contributed by atoms with Crippen molar-refractivity contribution in [1.82, 2.24) is 10.3 Å². The van der Waals surface area contributed by atoms with Crippen molar-refractivity contribution in [2.45, 2.75) is 24.3 Å². The number of aromatic amines is 1. The van der Waals surface area contributed by atoms with Crippen LogP contribution in [0.25, 0.3) is 0 Å². The van der Waals surface area contributed by atoms with Crippen LogP contribution in [0.3, 0.4) is 0 Å². The first-order valence-electron chi connectivity index (χ1n) is 5.37. The maximum Gasteiger partial charge on any atom is 0.254 e. The predicted molar refractivity (Wildman–Crippen MR) is 60.2 cm³/mol. The van der Waals surface area contributed by atoms with Gasteiger partial charge in [0.05, 0.1) is 24.8 Å². The molecule has 0 aromatic carbocycles. The van der Waals surface area contributed by atoms with Crippen LogP contribution in [0.1, 0.15) is 11.6 Å². The fourth-order valence-corrected chi connectivity index (χ4v) is 2.06. The Morgan fingerprint density at radius 3 is 2.61 bits per heavy atom. The number of hydrogen-bond donors (Lipinski definition) is 6. The lowest BCUT2D eigenvalue weighted by Gasteiger charge is -2.15. The molecule has 7 N–H and O–H groups in total. The molecule has 0 spiro atoms. The van der Waals surface area contributed by atoms with Gasteiger partial charge in [0.1, 0.15) is 11.9 Å². The van der Waals surface area contributed by atoms with E-state index in [0.29, 0.717) is 0 Å². The highest BCUT2D eigenvalue weighted by atomic mass is 19.1. The summed E-state index contributed by atoms with van der Waals surface area (Å²) in [5.74, 6) is -1.21. The van der Waals surface area contributed by atoms with Gasteiger partial charge in [-0.05, 0) is 6.07 Å². The molecule has 2 heterocycles. The quantitative estimate of drug-likeness (QED) is 0.358. The monoisotopic (exact) mass is 259 g/mol. The molecule has 1 aliphatic rings. The summed E-state index contributed by atoms with van der Waals surface area (Å²) in [6, 6.07) is -0.831.